The van der Waals surface area contributed by atoms with Gasteiger partial charge in [0.05, 0.1) is 12.7 Å². The molecular formula is C11H13FO2. The number of phenols is 1. The second-order valence-corrected chi connectivity index (χ2v) is 3.57. The fourth-order valence-electron chi connectivity index (χ4n) is 1.68. The number of phenolic OH excluding ortho intramolecular Hbond substituents is 1. The van der Waals surface area contributed by atoms with Gasteiger partial charge in [0.25, 0.3) is 0 Å². The summed E-state index contributed by atoms with van der Waals surface area (Å²) in [5, 5.41) is 9.09. The molecule has 1 aromatic rings. The monoisotopic (exact) mass is 196 g/mol. The van der Waals surface area contributed by atoms with Gasteiger partial charge in [-0.25, -0.2) is 4.39 Å². The van der Waals surface area contributed by atoms with E-state index in [0.29, 0.717) is 19.4 Å². The van der Waals surface area contributed by atoms with Gasteiger partial charge < -0.3 is 9.84 Å². The molecule has 1 aliphatic rings. The first-order valence-electron chi connectivity index (χ1n) is 4.80. The van der Waals surface area contributed by atoms with Crippen molar-refractivity contribution in [3.8, 4) is 5.75 Å². The zero-order chi connectivity index (χ0) is 9.97. The lowest BCUT2D eigenvalue weighted by Crippen LogP contribution is -2.20. The first kappa shape index (κ1) is 9.46. The molecule has 0 bridgehead atoms. The van der Waals surface area contributed by atoms with E-state index in [-0.39, 0.29) is 11.9 Å². The van der Waals surface area contributed by atoms with Crippen LogP contribution in [-0.4, -0.2) is 17.9 Å². The van der Waals surface area contributed by atoms with Crippen LogP contribution < -0.4 is 0 Å². The minimum absolute atomic E-state index is 0.153. The first-order valence-corrected chi connectivity index (χ1v) is 4.80. The molecule has 0 spiro atoms. The minimum atomic E-state index is -0.762. The van der Waals surface area contributed by atoms with Crippen molar-refractivity contribution >= 4 is 0 Å². The maximum atomic E-state index is 13.1. The Hall–Kier alpha value is -1.09. The molecule has 3 heteroatoms. The molecule has 0 aromatic heterocycles. The molecule has 1 fully saturated rings. The SMILES string of the molecule is Oc1ccc([C@@H]2C[C@H](F)CCO2)cc1. The smallest absolute Gasteiger partial charge is 0.115 e. The van der Waals surface area contributed by atoms with Crippen molar-refractivity contribution in [2.75, 3.05) is 6.61 Å². The Morgan fingerprint density at radius 2 is 2.00 bits per heavy atom. The van der Waals surface area contributed by atoms with Crippen LogP contribution >= 0.6 is 0 Å². The van der Waals surface area contributed by atoms with Gasteiger partial charge in [0.1, 0.15) is 11.9 Å². The van der Waals surface area contributed by atoms with Gasteiger partial charge in [-0.05, 0) is 17.7 Å². The summed E-state index contributed by atoms with van der Waals surface area (Å²) < 4.78 is 18.5. The lowest BCUT2D eigenvalue weighted by Gasteiger charge is -2.25. The van der Waals surface area contributed by atoms with Gasteiger partial charge in [0, 0.05) is 12.8 Å². The van der Waals surface area contributed by atoms with E-state index in [1.165, 1.54) is 0 Å². The number of rotatable bonds is 1. The summed E-state index contributed by atoms with van der Waals surface area (Å²) in [6, 6.07) is 6.75. The van der Waals surface area contributed by atoms with Crippen molar-refractivity contribution in [3.63, 3.8) is 0 Å². The topological polar surface area (TPSA) is 29.5 Å². The molecule has 14 heavy (non-hydrogen) atoms. The Morgan fingerprint density at radius 3 is 2.64 bits per heavy atom. The minimum Gasteiger partial charge on any atom is -0.508 e. The molecule has 1 aromatic carbocycles. The molecule has 2 nitrogen and oxygen atoms in total. The number of halogens is 1. The van der Waals surface area contributed by atoms with Crippen LogP contribution in [0.3, 0.4) is 0 Å². The molecule has 1 heterocycles. The maximum Gasteiger partial charge on any atom is 0.115 e. The average Bonchev–Trinajstić information content (AvgIpc) is 2.19. The first-order chi connectivity index (χ1) is 6.75. The van der Waals surface area contributed by atoms with Crippen molar-refractivity contribution in [3.05, 3.63) is 29.8 Å². The van der Waals surface area contributed by atoms with Crippen molar-refractivity contribution in [2.24, 2.45) is 0 Å². The lowest BCUT2D eigenvalue weighted by atomic mass is 10.0. The Bertz CT molecular complexity index is 297. The lowest BCUT2D eigenvalue weighted by molar-refractivity contribution is -0.0193. The van der Waals surface area contributed by atoms with Crippen LogP contribution in [0.25, 0.3) is 0 Å². The predicted octanol–water partition coefficient (Wildman–Crippen LogP) is 2.58. The normalized spacial score (nSPS) is 27.5. The summed E-state index contributed by atoms with van der Waals surface area (Å²) in [6.45, 7) is 0.479. The van der Waals surface area contributed by atoms with Crippen molar-refractivity contribution in [1.29, 1.82) is 0 Å². The Balaban J connectivity index is 2.10. The van der Waals surface area contributed by atoms with E-state index < -0.39 is 6.17 Å². The molecular weight excluding hydrogens is 183 g/mol. The van der Waals surface area contributed by atoms with Gasteiger partial charge >= 0.3 is 0 Å². The molecule has 76 valence electrons. The predicted molar refractivity (Wildman–Crippen MR) is 50.9 cm³/mol. The molecule has 0 aliphatic carbocycles. The second kappa shape index (κ2) is 3.96. The maximum absolute atomic E-state index is 13.1. The summed E-state index contributed by atoms with van der Waals surface area (Å²) in [7, 11) is 0. The van der Waals surface area contributed by atoms with Crippen LogP contribution in [0.1, 0.15) is 24.5 Å². The molecule has 0 amide bonds. The molecule has 2 rings (SSSR count). The van der Waals surface area contributed by atoms with Crippen LogP contribution in [0.2, 0.25) is 0 Å². The van der Waals surface area contributed by atoms with Crippen molar-refractivity contribution in [1.82, 2.24) is 0 Å². The third-order valence-electron chi connectivity index (χ3n) is 2.48. The van der Waals surface area contributed by atoms with E-state index in [1.54, 1.807) is 24.3 Å². The van der Waals surface area contributed by atoms with E-state index in [4.69, 9.17) is 9.84 Å². The summed E-state index contributed by atoms with van der Waals surface area (Å²) in [5.41, 5.74) is 0.935. The van der Waals surface area contributed by atoms with Crippen LogP contribution in [0.5, 0.6) is 5.75 Å². The van der Waals surface area contributed by atoms with Crippen molar-refractivity contribution in [2.45, 2.75) is 25.1 Å². The zero-order valence-corrected chi connectivity index (χ0v) is 7.82. The summed E-state index contributed by atoms with van der Waals surface area (Å²) in [4.78, 5) is 0. The molecule has 0 radical (unpaired) electrons. The fraction of sp³-hybridized carbons (Fsp3) is 0.455. The van der Waals surface area contributed by atoms with Gasteiger partial charge in [-0.2, -0.15) is 0 Å². The number of ether oxygens (including phenoxy) is 1. The van der Waals surface area contributed by atoms with Crippen LogP contribution in [0.4, 0.5) is 4.39 Å². The highest BCUT2D eigenvalue weighted by Crippen LogP contribution is 2.30. The van der Waals surface area contributed by atoms with E-state index in [9.17, 15) is 4.39 Å². The van der Waals surface area contributed by atoms with Crippen molar-refractivity contribution < 1.29 is 14.2 Å². The molecule has 2 atom stereocenters. The van der Waals surface area contributed by atoms with E-state index in [2.05, 4.69) is 0 Å². The summed E-state index contributed by atoms with van der Waals surface area (Å²) >= 11 is 0. The van der Waals surface area contributed by atoms with Gasteiger partial charge in [0.2, 0.25) is 0 Å². The number of aromatic hydroxyl groups is 1. The number of benzene rings is 1. The highest BCUT2D eigenvalue weighted by atomic mass is 19.1. The van der Waals surface area contributed by atoms with Gasteiger partial charge in [-0.1, -0.05) is 12.1 Å². The number of hydrogen-bond donors (Lipinski definition) is 1. The van der Waals surface area contributed by atoms with Crippen LogP contribution in [0, 0.1) is 0 Å². The molecule has 0 saturated carbocycles. The Kier molecular flexibility index (Phi) is 2.68. The number of hydrogen-bond acceptors (Lipinski definition) is 2. The highest BCUT2D eigenvalue weighted by Gasteiger charge is 2.23. The van der Waals surface area contributed by atoms with E-state index in [1.807, 2.05) is 0 Å². The standard InChI is InChI=1S/C11H13FO2/c12-9-5-6-14-11(7-9)8-1-3-10(13)4-2-8/h1-4,9,11,13H,5-7H2/t9-,11+/m1/s1. The zero-order valence-electron chi connectivity index (χ0n) is 7.82. The average molecular weight is 196 g/mol. The molecule has 0 unspecified atom stereocenters. The van der Waals surface area contributed by atoms with Crippen LogP contribution in [-0.2, 0) is 4.74 Å². The number of alkyl halides is 1. The fourth-order valence-corrected chi connectivity index (χ4v) is 1.68. The third-order valence-corrected chi connectivity index (χ3v) is 2.48. The highest BCUT2D eigenvalue weighted by molar-refractivity contribution is 5.27. The summed E-state index contributed by atoms with van der Waals surface area (Å²) in [5.74, 6) is 0.223. The van der Waals surface area contributed by atoms with Gasteiger partial charge in [0.15, 0.2) is 0 Å². The largest absolute Gasteiger partial charge is 0.508 e. The summed E-state index contributed by atoms with van der Waals surface area (Å²) in [6.07, 6.45) is 0.00113. The Morgan fingerprint density at radius 1 is 1.29 bits per heavy atom. The molecule has 1 saturated heterocycles. The Labute approximate surface area is 82.3 Å². The van der Waals surface area contributed by atoms with E-state index in [0.717, 1.165) is 5.56 Å². The third kappa shape index (κ3) is 2.04. The quantitative estimate of drug-likeness (QED) is 0.748. The molecule has 1 N–H and O–H groups in total. The van der Waals surface area contributed by atoms with E-state index >= 15 is 0 Å². The van der Waals surface area contributed by atoms with Gasteiger partial charge in [-0.15, -0.1) is 0 Å². The van der Waals surface area contributed by atoms with Crippen LogP contribution in [0.15, 0.2) is 24.3 Å². The molecule has 1 aliphatic heterocycles. The van der Waals surface area contributed by atoms with Gasteiger partial charge in [-0.3, -0.25) is 0 Å². The second-order valence-electron chi connectivity index (χ2n) is 3.57.